The fourth-order valence-corrected chi connectivity index (χ4v) is 14.6. The van der Waals surface area contributed by atoms with Crippen molar-refractivity contribution in [3.63, 3.8) is 0 Å². The Hall–Kier alpha value is -0.703. The van der Waals surface area contributed by atoms with Gasteiger partial charge in [0.2, 0.25) is 0 Å². The Morgan fingerprint density at radius 3 is 1.10 bits per heavy atom. The lowest BCUT2D eigenvalue weighted by atomic mass is 9.92. The van der Waals surface area contributed by atoms with E-state index in [9.17, 15) is 37.7 Å². The molecule has 0 aromatic carbocycles. The SMILES string of the molecule is CCO[Si](CCCNC(=O)SC(C)CC(=O)OCC(COC(=O)CC(C)SCCCP(=O)(O)O)(COC(=O)CC(C)SCCCP(=O)(O)O)COC(=O)CC(C)SCCCP(=O)(O)O)(OCC)OCC. The van der Waals surface area contributed by atoms with Crippen molar-refractivity contribution >= 4 is 108 Å². The summed E-state index contributed by atoms with van der Waals surface area (Å²) in [6.07, 6.45) is -0.502. The van der Waals surface area contributed by atoms with Crippen molar-refractivity contribution in [2.24, 2.45) is 5.41 Å². The molecule has 7 N–H and O–H groups in total. The van der Waals surface area contributed by atoms with E-state index in [-0.39, 0.29) is 79.2 Å². The molecular weight excluding hydrogens is 1080 g/mol. The molecule has 0 aliphatic rings. The largest absolute Gasteiger partial charge is 0.500 e. The molecule has 30 heteroatoms. The van der Waals surface area contributed by atoms with Crippen LogP contribution in [0.2, 0.25) is 6.04 Å². The molecule has 0 saturated heterocycles. The van der Waals surface area contributed by atoms with E-state index in [0.29, 0.717) is 56.1 Å². The highest BCUT2D eigenvalue weighted by Crippen LogP contribution is 2.37. The summed E-state index contributed by atoms with van der Waals surface area (Å²) in [6.45, 7) is 11.6. The molecular formula is C40H78NO21P3S4Si. The number of thioether (sulfide) groups is 4. The number of nitrogens with one attached hydrogen (secondary N) is 1. The first-order valence-electron chi connectivity index (χ1n) is 23.0. The number of carbonyl (C=O) groups is 5. The van der Waals surface area contributed by atoms with Gasteiger partial charge in [-0.05, 0) is 63.7 Å². The van der Waals surface area contributed by atoms with Gasteiger partial charge in [-0.3, -0.25) is 37.7 Å². The fourth-order valence-electron chi connectivity index (χ4n) is 5.96. The average Bonchev–Trinajstić information content (AvgIpc) is 3.23. The normalized spacial score (nSPS) is 15.0. The summed E-state index contributed by atoms with van der Waals surface area (Å²) < 4.78 is 74.0. The Bertz CT molecular complexity index is 1540. The van der Waals surface area contributed by atoms with Crippen molar-refractivity contribution < 1.29 is 99.3 Å². The third-order valence-electron chi connectivity index (χ3n) is 9.29. The molecule has 0 bridgehead atoms. The Labute approximate surface area is 431 Å². The van der Waals surface area contributed by atoms with E-state index in [2.05, 4.69) is 5.32 Å². The molecule has 0 saturated carbocycles. The highest BCUT2D eigenvalue weighted by atomic mass is 32.2. The maximum atomic E-state index is 13.4. The minimum atomic E-state index is -4.19. The van der Waals surface area contributed by atoms with Gasteiger partial charge in [0.05, 0.1) is 44.2 Å². The van der Waals surface area contributed by atoms with Crippen LogP contribution in [0, 0.1) is 5.41 Å². The van der Waals surface area contributed by atoms with Crippen LogP contribution in [-0.2, 0) is 65.1 Å². The third-order valence-corrected chi connectivity index (χ3v) is 19.8. The van der Waals surface area contributed by atoms with Gasteiger partial charge >= 0.3 is 55.5 Å². The zero-order valence-corrected chi connectivity index (χ0v) is 48.3. The average molecular weight is 1160 g/mol. The van der Waals surface area contributed by atoms with Gasteiger partial charge in [-0.25, -0.2) is 0 Å². The van der Waals surface area contributed by atoms with Gasteiger partial charge in [0, 0.05) is 53.4 Å². The first kappa shape index (κ1) is 69.3. The van der Waals surface area contributed by atoms with Gasteiger partial charge in [-0.15, -0.1) is 0 Å². The Morgan fingerprint density at radius 1 is 0.514 bits per heavy atom. The minimum Gasteiger partial charge on any atom is -0.465 e. The van der Waals surface area contributed by atoms with Gasteiger partial charge < -0.3 is 66.9 Å². The van der Waals surface area contributed by atoms with E-state index in [1.807, 2.05) is 20.8 Å². The third kappa shape index (κ3) is 38.8. The number of hydrogen-bond donors (Lipinski definition) is 7. The van der Waals surface area contributed by atoms with E-state index >= 15 is 0 Å². The molecule has 22 nitrogen and oxygen atoms in total. The monoisotopic (exact) mass is 1160 g/mol. The summed E-state index contributed by atoms with van der Waals surface area (Å²) in [5.41, 5.74) is -1.66. The van der Waals surface area contributed by atoms with Crippen molar-refractivity contribution in [1.29, 1.82) is 0 Å². The predicted octanol–water partition coefficient (Wildman–Crippen LogP) is 6.04. The second kappa shape index (κ2) is 37.1. The molecule has 70 heavy (non-hydrogen) atoms. The van der Waals surface area contributed by atoms with Gasteiger partial charge in [0.15, 0.2) is 0 Å². The summed E-state index contributed by atoms with van der Waals surface area (Å²) in [5, 5.41) is 0.790. The van der Waals surface area contributed by atoms with Crippen LogP contribution < -0.4 is 5.32 Å². The number of amides is 1. The second-order valence-electron chi connectivity index (χ2n) is 16.5. The van der Waals surface area contributed by atoms with E-state index in [0.717, 1.165) is 11.8 Å². The first-order chi connectivity index (χ1) is 32.6. The molecule has 0 spiro atoms. The van der Waals surface area contributed by atoms with Crippen molar-refractivity contribution in [3.8, 4) is 0 Å². The fraction of sp³-hybridized carbons (Fsp3) is 0.875. The molecule has 412 valence electrons. The van der Waals surface area contributed by atoms with Gasteiger partial charge in [-0.1, -0.05) is 39.5 Å². The molecule has 0 aromatic rings. The minimum absolute atomic E-state index is 0.144. The molecule has 4 atom stereocenters. The zero-order valence-electron chi connectivity index (χ0n) is 41.4. The quantitative estimate of drug-likeness (QED) is 0.0120. The van der Waals surface area contributed by atoms with Crippen LogP contribution in [0.25, 0.3) is 0 Å². The summed E-state index contributed by atoms with van der Waals surface area (Å²) in [5.74, 6) is -1.88. The summed E-state index contributed by atoms with van der Waals surface area (Å²) in [4.78, 5) is 121. The van der Waals surface area contributed by atoms with Crippen LogP contribution in [0.15, 0.2) is 0 Å². The number of rotatable bonds is 42. The second-order valence-corrected chi connectivity index (χ2v) is 30.6. The molecule has 0 heterocycles. The van der Waals surface area contributed by atoms with Gasteiger partial charge in [0.1, 0.15) is 31.8 Å². The summed E-state index contributed by atoms with van der Waals surface area (Å²) >= 11 is 4.75. The highest BCUT2D eigenvalue weighted by molar-refractivity contribution is 8.14. The van der Waals surface area contributed by atoms with Crippen LogP contribution in [0.4, 0.5) is 4.79 Å². The smallest absolute Gasteiger partial charge is 0.465 e. The van der Waals surface area contributed by atoms with E-state index in [1.54, 1.807) is 27.7 Å². The van der Waals surface area contributed by atoms with E-state index in [1.165, 1.54) is 35.3 Å². The number of carbonyl (C=O) groups excluding carboxylic acids is 5. The lowest BCUT2D eigenvalue weighted by Gasteiger charge is -2.32. The highest BCUT2D eigenvalue weighted by Gasteiger charge is 2.40. The van der Waals surface area contributed by atoms with Gasteiger partial charge in [-0.2, -0.15) is 35.3 Å². The lowest BCUT2D eigenvalue weighted by Crippen LogP contribution is -2.46. The Balaban J connectivity index is 6.19. The molecule has 0 aromatic heterocycles. The van der Waals surface area contributed by atoms with Crippen LogP contribution in [0.5, 0.6) is 0 Å². The summed E-state index contributed by atoms with van der Waals surface area (Å²) in [6, 6.07) is 0.483. The maximum absolute atomic E-state index is 13.4. The van der Waals surface area contributed by atoms with Crippen molar-refractivity contribution in [2.75, 3.05) is 88.5 Å². The van der Waals surface area contributed by atoms with Crippen LogP contribution >= 0.6 is 69.8 Å². The van der Waals surface area contributed by atoms with Crippen molar-refractivity contribution in [3.05, 3.63) is 0 Å². The Morgan fingerprint density at radius 2 is 0.814 bits per heavy atom. The van der Waals surface area contributed by atoms with Crippen LogP contribution in [-0.4, -0.2) is 177 Å². The van der Waals surface area contributed by atoms with E-state index < -0.39 is 97.8 Å². The van der Waals surface area contributed by atoms with Crippen molar-refractivity contribution in [2.45, 2.75) is 127 Å². The molecule has 4 unspecified atom stereocenters. The first-order valence-corrected chi connectivity index (χ1v) is 34.4. The maximum Gasteiger partial charge on any atom is 0.500 e. The summed E-state index contributed by atoms with van der Waals surface area (Å²) in [7, 11) is -15.5. The topological polar surface area (TPSA) is 335 Å². The van der Waals surface area contributed by atoms with Crippen LogP contribution in [0.1, 0.15) is 99.8 Å². The lowest BCUT2D eigenvalue weighted by molar-refractivity contribution is -0.170. The zero-order chi connectivity index (χ0) is 53.4. The number of hydrogen-bond acceptors (Lipinski definition) is 19. The predicted molar refractivity (Wildman–Crippen MR) is 276 cm³/mol. The molecule has 0 radical (unpaired) electrons. The number of esters is 4. The van der Waals surface area contributed by atoms with Crippen LogP contribution in [0.3, 0.4) is 0 Å². The molecule has 1 amide bonds. The van der Waals surface area contributed by atoms with E-state index in [4.69, 9.17) is 61.6 Å². The Kier molecular flexibility index (Phi) is 36.7. The molecule has 0 rings (SSSR count). The molecule has 0 aliphatic heterocycles. The number of ether oxygens (including phenoxy) is 4. The molecule has 0 fully saturated rings. The standard InChI is InChI=1S/C40H78NO21P3S4Si/c1-8-60-70(61-9-2,62-10-3)22-11-15-41-39(46)69-34(7)26-38(45)59-30-40(27-56-35(42)23-31(4)66-19-12-16-63(47,48)49,28-57-36(43)24-32(5)67-20-13-17-64(50,51)52)29-58-37(44)25-33(6)68-21-14-18-65(53,54)55/h31-34H,8-30H2,1-7H3,(H,41,46)(H2,47,48,49)(H2,50,51,52)(H2,53,54,55). The van der Waals surface area contributed by atoms with Crippen molar-refractivity contribution in [1.82, 2.24) is 5.32 Å². The molecule has 0 aliphatic carbocycles. The van der Waals surface area contributed by atoms with Gasteiger partial charge in [0.25, 0.3) is 5.24 Å².